The van der Waals surface area contributed by atoms with E-state index >= 15 is 0 Å². The van der Waals surface area contributed by atoms with Gasteiger partial charge in [0.1, 0.15) is 12.4 Å². The first-order valence-electron chi connectivity index (χ1n) is 8.05. The van der Waals surface area contributed by atoms with Crippen molar-refractivity contribution in [1.82, 2.24) is 5.32 Å². The molecule has 0 spiro atoms. The van der Waals surface area contributed by atoms with Gasteiger partial charge in [-0.05, 0) is 26.0 Å². The van der Waals surface area contributed by atoms with Crippen LogP contribution >= 0.6 is 0 Å². The second kappa shape index (κ2) is 8.48. The average molecular weight is 362 g/mol. The molecular formula is C18H22N2O6. The minimum atomic E-state index is -0.715. The molecule has 8 nitrogen and oxygen atoms in total. The Hall–Kier alpha value is -2.87. The van der Waals surface area contributed by atoms with E-state index in [-0.39, 0.29) is 36.6 Å². The van der Waals surface area contributed by atoms with Crippen LogP contribution in [0.15, 0.2) is 35.5 Å². The fourth-order valence-corrected chi connectivity index (χ4v) is 2.57. The average Bonchev–Trinajstić information content (AvgIpc) is 2.65. The van der Waals surface area contributed by atoms with Gasteiger partial charge in [0, 0.05) is 6.04 Å². The molecule has 1 aliphatic rings. The van der Waals surface area contributed by atoms with Crippen LogP contribution in [0, 0.1) is 0 Å². The summed E-state index contributed by atoms with van der Waals surface area (Å²) in [4.78, 5) is 38.4. The van der Waals surface area contributed by atoms with Crippen molar-refractivity contribution in [1.29, 1.82) is 0 Å². The van der Waals surface area contributed by atoms with Gasteiger partial charge in [0.15, 0.2) is 0 Å². The van der Waals surface area contributed by atoms with E-state index in [1.807, 2.05) is 13.8 Å². The van der Waals surface area contributed by atoms with Gasteiger partial charge in [-0.15, -0.1) is 0 Å². The van der Waals surface area contributed by atoms with Crippen LogP contribution in [0.2, 0.25) is 0 Å². The van der Waals surface area contributed by atoms with Gasteiger partial charge < -0.3 is 24.4 Å². The maximum absolute atomic E-state index is 12.5. The van der Waals surface area contributed by atoms with Crippen LogP contribution in [0.4, 0.5) is 5.69 Å². The zero-order valence-corrected chi connectivity index (χ0v) is 15.2. The molecule has 1 amide bonds. The third kappa shape index (κ3) is 4.02. The van der Waals surface area contributed by atoms with Crippen LogP contribution in [0.3, 0.4) is 0 Å². The summed E-state index contributed by atoms with van der Waals surface area (Å²) >= 11 is 0. The molecule has 0 unspecified atom stereocenters. The van der Waals surface area contributed by atoms with Gasteiger partial charge in [0.05, 0.1) is 37.7 Å². The molecule has 26 heavy (non-hydrogen) atoms. The molecule has 0 saturated heterocycles. The summed E-state index contributed by atoms with van der Waals surface area (Å²) in [5.74, 6) is -1.71. The topological polar surface area (TPSA) is 94.2 Å². The number of benzene rings is 1. The van der Waals surface area contributed by atoms with Gasteiger partial charge >= 0.3 is 11.9 Å². The number of nitrogens with zero attached hydrogens (tertiary/aromatic N) is 1. The summed E-state index contributed by atoms with van der Waals surface area (Å²) in [7, 11) is 2.43. The summed E-state index contributed by atoms with van der Waals surface area (Å²) in [6, 6.07) is 6.68. The molecular weight excluding hydrogens is 340 g/mol. The van der Waals surface area contributed by atoms with Gasteiger partial charge in [-0.1, -0.05) is 12.1 Å². The molecule has 1 heterocycles. The Bertz CT molecular complexity index is 741. The molecule has 0 radical (unpaired) electrons. The molecule has 140 valence electrons. The van der Waals surface area contributed by atoms with Gasteiger partial charge in [0.25, 0.3) is 5.91 Å². The lowest BCUT2D eigenvalue weighted by molar-refractivity contribution is -0.140. The van der Waals surface area contributed by atoms with Crippen molar-refractivity contribution in [2.45, 2.75) is 19.9 Å². The van der Waals surface area contributed by atoms with Gasteiger partial charge in [-0.2, -0.15) is 0 Å². The number of hydrogen-bond acceptors (Lipinski definition) is 7. The molecule has 2 rings (SSSR count). The Balaban J connectivity index is 2.57. The lowest BCUT2D eigenvalue weighted by atomic mass is 10.1. The predicted molar refractivity (Wildman–Crippen MR) is 93.4 cm³/mol. The largest absolute Gasteiger partial charge is 0.466 e. The predicted octanol–water partition coefficient (Wildman–Crippen LogP) is 1.22. The van der Waals surface area contributed by atoms with Crippen molar-refractivity contribution in [2.24, 2.45) is 0 Å². The number of carbonyl (C=O) groups is 3. The number of esters is 2. The Kier molecular flexibility index (Phi) is 6.35. The van der Waals surface area contributed by atoms with Crippen LogP contribution in [0.25, 0.3) is 0 Å². The van der Waals surface area contributed by atoms with Crippen LogP contribution < -0.4 is 10.2 Å². The maximum atomic E-state index is 12.5. The summed E-state index contributed by atoms with van der Waals surface area (Å²) in [6.45, 7) is 3.59. The summed E-state index contributed by atoms with van der Waals surface area (Å²) in [5, 5.41) is 2.81. The number of ether oxygens (including phenoxy) is 3. The second-order valence-corrected chi connectivity index (χ2v) is 5.86. The molecule has 1 aromatic carbocycles. The Morgan fingerprint density at radius 1 is 1.12 bits per heavy atom. The fourth-order valence-electron chi connectivity index (χ4n) is 2.57. The standard InChI is InChI=1S/C18H22N2O6/c1-11(2)19-16(21)12-7-5-6-8-14(12)20-10-26-9-13(17(22)24-3)15(20)18(23)25-4/h5-8,11H,9-10H2,1-4H3,(H,19,21). The Labute approximate surface area is 151 Å². The molecule has 0 fully saturated rings. The van der Waals surface area contributed by atoms with Crippen molar-refractivity contribution in [3.8, 4) is 0 Å². The normalized spacial score (nSPS) is 14.3. The zero-order valence-electron chi connectivity index (χ0n) is 15.2. The number of amides is 1. The Morgan fingerprint density at radius 3 is 2.38 bits per heavy atom. The third-order valence-corrected chi connectivity index (χ3v) is 3.69. The van der Waals surface area contributed by atoms with Gasteiger partial charge in [-0.25, -0.2) is 9.59 Å². The summed E-state index contributed by atoms with van der Waals surface area (Å²) in [6.07, 6.45) is 0. The molecule has 1 aromatic rings. The first-order valence-corrected chi connectivity index (χ1v) is 8.05. The van der Waals surface area contributed by atoms with Crippen molar-refractivity contribution in [2.75, 3.05) is 32.5 Å². The maximum Gasteiger partial charge on any atom is 0.355 e. The van der Waals surface area contributed by atoms with Gasteiger partial charge in [-0.3, -0.25) is 4.79 Å². The minimum Gasteiger partial charge on any atom is -0.466 e. The zero-order chi connectivity index (χ0) is 19.3. The first-order chi connectivity index (χ1) is 12.4. The number of methoxy groups -OCH3 is 2. The Morgan fingerprint density at radius 2 is 1.77 bits per heavy atom. The third-order valence-electron chi connectivity index (χ3n) is 3.69. The van der Waals surface area contributed by atoms with Crippen molar-refractivity contribution in [3.63, 3.8) is 0 Å². The highest BCUT2D eigenvalue weighted by atomic mass is 16.5. The van der Waals surface area contributed by atoms with E-state index in [0.29, 0.717) is 11.3 Å². The lowest BCUT2D eigenvalue weighted by Gasteiger charge is -2.32. The van der Waals surface area contributed by atoms with E-state index in [9.17, 15) is 14.4 Å². The van der Waals surface area contributed by atoms with E-state index in [0.717, 1.165) is 0 Å². The molecule has 0 aromatic heterocycles. The molecule has 0 atom stereocenters. The first kappa shape index (κ1) is 19.5. The number of nitrogens with one attached hydrogen (secondary N) is 1. The summed E-state index contributed by atoms with van der Waals surface area (Å²) in [5.41, 5.74) is 0.796. The van der Waals surface area contributed by atoms with E-state index in [2.05, 4.69) is 5.32 Å². The lowest BCUT2D eigenvalue weighted by Crippen LogP contribution is -2.40. The fraction of sp³-hybridized carbons (Fsp3) is 0.389. The molecule has 0 bridgehead atoms. The highest BCUT2D eigenvalue weighted by molar-refractivity contribution is 6.06. The molecule has 8 heteroatoms. The van der Waals surface area contributed by atoms with E-state index in [1.54, 1.807) is 24.3 Å². The number of carbonyl (C=O) groups excluding carboxylic acids is 3. The quantitative estimate of drug-likeness (QED) is 0.787. The number of para-hydroxylation sites is 1. The highest BCUT2D eigenvalue weighted by Crippen LogP contribution is 2.29. The highest BCUT2D eigenvalue weighted by Gasteiger charge is 2.33. The molecule has 0 saturated carbocycles. The van der Waals surface area contributed by atoms with Crippen LogP contribution in [-0.4, -0.2) is 51.4 Å². The molecule has 1 aliphatic heterocycles. The number of rotatable bonds is 5. The SMILES string of the molecule is COC(=O)C1=C(C(=O)OC)N(c2ccccc2C(=O)NC(C)C)COC1. The molecule has 0 aliphatic carbocycles. The monoisotopic (exact) mass is 362 g/mol. The number of hydrogen-bond donors (Lipinski definition) is 1. The van der Waals surface area contributed by atoms with Crippen LogP contribution in [-0.2, 0) is 23.8 Å². The van der Waals surface area contributed by atoms with Crippen molar-refractivity contribution >= 4 is 23.5 Å². The van der Waals surface area contributed by atoms with E-state index in [4.69, 9.17) is 14.2 Å². The van der Waals surface area contributed by atoms with Crippen molar-refractivity contribution < 1.29 is 28.6 Å². The van der Waals surface area contributed by atoms with Crippen LogP contribution in [0.1, 0.15) is 24.2 Å². The summed E-state index contributed by atoms with van der Waals surface area (Å²) < 4.78 is 15.0. The van der Waals surface area contributed by atoms with Crippen molar-refractivity contribution in [3.05, 3.63) is 41.1 Å². The van der Waals surface area contributed by atoms with Gasteiger partial charge in [0.2, 0.25) is 0 Å². The van der Waals surface area contributed by atoms with E-state index < -0.39 is 11.9 Å². The smallest absolute Gasteiger partial charge is 0.355 e. The van der Waals surface area contributed by atoms with E-state index in [1.165, 1.54) is 19.1 Å². The minimum absolute atomic E-state index is 0.00426. The van der Waals surface area contributed by atoms with Crippen LogP contribution in [0.5, 0.6) is 0 Å². The molecule has 1 N–H and O–H groups in total. The number of anilines is 1. The second-order valence-electron chi connectivity index (χ2n) is 5.86.